The highest BCUT2D eigenvalue weighted by Crippen LogP contribution is 2.37. The Labute approximate surface area is 169 Å². The molecule has 4 rings (SSSR count). The van der Waals surface area contributed by atoms with E-state index in [2.05, 4.69) is 114 Å². The molecule has 0 radical (unpaired) electrons. The molecule has 0 spiro atoms. The lowest BCUT2D eigenvalue weighted by Gasteiger charge is -2.27. The fraction of sp³-hybridized carbons (Fsp3) is 0.333. The summed E-state index contributed by atoms with van der Waals surface area (Å²) in [5.74, 6) is 0. The van der Waals surface area contributed by atoms with E-state index >= 15 is 0 Å². The number of benzene rings is 3. The number of fused-ring (bicyclic) bond motifs is 3. The Morgan fingerprint density at radius 3 is 1.82 bits per heavy atom. The molecule has 1 nitrogen and oxygen atoms in total. The first-order valence-electron chi connectivity index (χ1n) is 10.2. The lowest BCUT2D eigenvalue weighted by molar-refractivity contribution is 0.568. The SMILES string of the molecule is Cc1cccc2c3ccccc3n(-c3cc(C(C)(C)C)cc(C(C)(C)C)c3)c12. The zero-order valence-electron chi connectivity index (χ0n) is 18.2. The Hall–Kier alpha value is -2.54. The third kappa shape index (κ3) is 3.03. The van der Waals surface area contributed by atoms with Crippen molar-refractivity contribution in [3.05, 3.63) is 77.4 Å². The summed E-state index contributed by atoms with van der Waals surface area (Å²) in [6, 6.07) is 22.6. The van der Waals surface area contributed by atoms with Crippen LogP contribution in [-0.2, 0) is 10.8 Å². The molecular weight excluding hydrogens is 338 g/mol. The van der Waals surface area contributed by atoms with Gasteiger partial charge < -0.3 is 4.57 Å². The van der Waals surface area contributed by atoms with Crippen LogP contribution in [0.4, 0.5) is 0 Å². The van der Waals surface area contributed by atoms with Crippen LogP contribution in [0.5, 0.6) is 0 Å². The molecule has 28 heavy (non-hydrogen) atoms. The zero-order chi connectivity index (χ0) is 20.3. The average molecular weight is 370 g/mol. The second-order valence-electron chi connectivity index (χ2n) is 10.1. The van der Waals surface area contributed by atoms with Gasteiger partial charge in [-0.25, -0.2) is 0 Å². The predicted octanol–water partition coefficient (Wildman–Crippen LogP) is 7.69. The van der Waals surface area contributed by atoms with Crippen LogP contribution >= 0.6 is 0 Å². The Bertz CT molecular complexity index is 1140. The van der Waals surface area contributed by atoms with Crippen molar-refractivity contribution in [2.75, 3.05) is 0 Å². The third-order valence-electron chi connectivity index (χ3n) is 5.80. The summed E-state index contributed by atoms with van der Waals surface area (Å²) in [5, 5.41) is 2.65. The Balaban J connectivity index is 2.16. The van der Waals surface area contributed by atoms with Crippen LogP contribution in [0.25, 0.3) is 27.5 Å². The predicted molar refractivity (Wildman–Crippen MR) is 123 cm³/mol. The Morgan fingerprint density at radius 1 is 0.643 bits per heavy atom. The second-order valence-corrected chi connectivity index (χ2v) is 10.1. The Morgan fingerprint density at radius 2 is 1.21 bits per heavy atom. The van der Waals surface area contributed by atoms with Crippen LogP contribution in [0, 0.1) is 6.92 Å². The van der Waals surface area contributed by atoms with Crippen molar-refractivity contribution in [2.24, 2.45) is 0 Å². The number of para-hydroxylation sites is 2. The minimum atomic E-state index is 0.101. The maximum atomic E-state index is 2.46. The van der Waals surface area contributed by atoms with E-state index in [0.29, 0.717) is 0 Å². The van der Waals surface area contributed by atoms with Crippen LogP contribution in [0.3, 0.4) is 0 Å². The van der Waals surface area contributed by atoms with Gasteiger partial charge in [-0.3, -0.25) is 0 Å². The number of aromatic nitrogens is 1. The summed E-state index contributed by atoms with van der Waals surface area (Å²) in [6.45, 7) is 16.0. The number of hydrogen-bond donors (Lipinski definition) is 0. The van der Waals surface area contributed by atoms with Crippen LogP contribution in [0.2, 0.25) is 0 Å². The fourth-order valence-electron chi connectivity index (χ4n) is 4.06. The molecule has 144 valence electrons. The summed E-state index contributed by atoms with van der Waals surface area (Å²) in [6.07, 6.45) is 0. The van der Waals surface area contributed by atoms with Gasteiger partial charge >= 0.3 is 0 Å². The van der Waals surface area contributed by atoms with Gasteiger partial charge in [0, 0.05) is 16.5 Å². The number of nitrogens with zero attached hydrogens (tertiary/aromatic N) is 1. The zero-order valence-corrected chi connectivity index (χ0v) is 18.2. The first kappa shape index (κ1) is 18.8. The maximum absolute atomic E-state index is 2.46. The van der Waals surface area contributed by atoms with E-state index < -0.39 is 0 Å². The van der Waals surface area contributed by atoms with E-state index in [1.165, 1.54) is 44.2 Å². The topological polar surface area (TPSA) is 4.93 Å². The number of hydrogen-bond acceptors (Lipinski definition) is 0. The van der Waals surface area contributed by atoms with Gasteiger partial charge in [-0.1, -0.05) is 84.0 Å². The second kappa shape index (κ2) is 6.24. The van der Waals surface area contributed by atoms with Gasteiger partial charge in [-0.2, -0.15) is 0 Å². The minimum Gasteiger partial charge on any atom is -0.309 e. The highest BCUT2D eigenvalue weighted by Gasteiger charge is 2.22. The average Bonchev–Trinajstić information content (AvgIpc) is 2.96. The standard InChI is InChI=1S/C27H31N/c1-18-11-10-13-23-22-12-8-9-14-24(22)28(25(18)23)21-16-19(26(2,3)4)15-20(17-21)27(5,6)7/h8-17H,1-7H3. The molecule has 4 aromatic rings. The quantitative estimate of drug-likeness (QED) is 0.324. The minimum absolute atomic E-state index is 0.101. The van der Waals surface area contributed by atoms with Gasteiger partial charge in [0.15, 0.2) is 0 Å². The monoisotopic (exact) mass is 369 g/mol. The van der Waals surface area contributed by atoms with E-state index in [4.69, 9.17) is 0 Å². The molecule has 0 N–H and O–H groups in total. The molecule has 0 bridgehead atoms. The van der Waals surface area contributed by atoms with E-state index in [1.807, 2.05) is 0 Å². The summed E-state index contributed by atoms with van der Waals surface area (Å²) >= 11 is 0. The molecule has 0 saturated carbocycles. The van der Waals surface area contributed by atoms with Gasteiger partial charge in [0.2, 0.25) is 0 Å². The van der Waals surface area contributed by atoms with E-state index in [0.717, 1.165) is 0 Å². The molecule has 0 fully saturated rings. The molecule has 0 unspecified atom stereocenters. The summed E-state index contributed by atoms with van der Waals surface area (Å²) < 4.78 is 2.46. The van der Waals surface area contributed by atoms with E-state index in [9.17, 15) is 0 Å². The van der Waals surface area contributed by atoms with Gasteiger partial charge in [0.1, 0.15) is 0 Å². The smallest absolute Gasteiger partial charge is 0.0570 e. The first-order valence-corrected chi connectivity index (χ1v) is 10.2. The van der Waals surface area contributed by atoms with Crippen LogP contribution in [0.15, 0.2) is 60.7 Å². The molecule has 1 heteroatoms. The molecule has 1 heterocycles. The summed E-state index contributed by atoms with van der Waals surface area (Å²) in [7, 11) is 0. The molecule has 0 atom stereocenters. The van der Waals surface area contributed by atoms with E-state index in [-0.39, 0.29) is 10.8 Å². The molecular formula is C27H31N. The largest absolute Gasteiger partial charge is 0.309 e. The van der Waals surface area contributed by atoms with Crippen molar-refractivity contribution in [1.82, 2.24) is 4.57 Å². The lowest BCUT2D eigenvalue weighted by atomic mass is 9.80. The number of rotatable bonds is 1. The van der Waals surface area contributed by atoms with Crippen LogP contribution in [0.1, 0.15) is 58.2 Å². The molecule has 0 amide bonds. The molecule has 0 aliphatic rings. The lowest BCUT2D eigenvalue weighted by Crippen LogP contribution is -2.17. The molecule has 0 aliphatic heterocycles. The van der Waals surface area contributed by atoms with Gasteiger partial charge in [-0.05, 0) is 52.6 Å². The van der Waals surface area contributed by atoms with Gasteiger partial charge in [0.25, 0.3) is 0 Å². The Kier molecular flexibility index (Phi) is 4.19. The van der Waals surface area contributed by atoms with Crippen LogP contribution in [-0.4, -0.2) is 4.57 Å². The van der Waals surface area contributed by atoms with Crippen molar-refractivity contribution in [3.63, 3.8) is 0 Å². The highest BCUT2D eigenvalue weighted by atomic mass is 15.0. The van der Waals surface area contributed by atoms with Crippen molar-refractivity contribution < 1.29 is 0 Å². The molecule has 0 aliphatic carbocycles. The summed E-state index contributed by atoms with van der Waals surface area (Å²) in [4.78, 5) is 0. The fourth-order valence-corrected chi connectivity index (χ4v) is 4.06. The van der Waals surface area contributed by atoms with Crippen molar-refractivity contribution in [1.29, 1.82) is 0 Å². The first-order chi connectivity index (χ1) is 13.1. The van der Waals surface area contributed by atoms with Gasteiger partial charge in [-0.15, -0.1) is 0 Å². The van der Waals surface area contributed by atoms with Crippen LogP contribution < -0.4 is 0 Å². The molecule has 0 saturated heterocycles. The van der Waals surface area contributed by atoms with Gasteiger partial charge in [0.05, 0.1) is 11.0 Å². The normalized spacial score (nSPS) is 12.8. The van der Waals surface area contributed by atoms with E-state index in [1.54, 1.807) is 0 Å². The highest BCUT2D eigenvalue weighted by molar-refractivity contribution is 6.10. The maximum Gasteiger partial charge on any atom is 0.0570 e. The summed E-state index contributed by atoms with van der Waals surface area (Å²) in [5.41, 5.74) is 8.13. The third-order valence-corrected chi connectivity index (χ3v) is 5.80. The van der Waals surface area contributed by atoms with Crippen molar-refractivity contribution in [3.8, 4) is 5.69 Å². The van der Waals surface area contributed by atoms with Crippen molar-refractivity contribution in [2.45, 2.75) is 59.3 Å². The van der Waals surface area contributed by atoms with Crippen molar-refractivity contribution >= 4 is 21.8 Å². The number of aryl methyl sites for hydroxylation is 1. The molecule has 1 aromatic heterocycles. The molecule has 3 aromatic carbocycles.